The molecule has 2 rings (SSSR count). The van der Waals surface area contributed by atoms with Gasteiger partial charge in [-0.3, -0.25) is 4.98 Å². The van der Waals surface area contributed by atoms with Gasteiger partial charge < -0.3 is 5.32 Å². The van der Waals surface area contributed by atoms with Gasteiger partial charge in [0.15, 0.2) is 0 Å². The SMILES string of the molecule is Cc1cncc(CNC2CC(Cl)C2)c1. The monoisotopic (exact) mass is 210 g/mol. The lowest BCUT2D eigenvalue weighted by Gasteiger charge is -2.31. The summed E-state index contributed by atoms with van der Waals surface area (Å²) in [5.74, 6) is 0. The lowest BCUT2D eigenvalue weighted by Crippen LogP contribution is -2.41. The van der Waals surface area contributed by atoms with Crippen LogP contribution in [0.25, 0.3) is 0 Å². The molecule has 3 heteroatoms. The first-order valence-corrected chi connectivity index (χ1v) is 5.45. The second-order valence-corrected chi connectivity index (χ2v) is 4.63. The van der Waals surface area contributed by atoms with Crippen LogP contribution in [0.4, 0.5) is 0 Å². The number of hydrogen-bond acceptors (Lipinski definition) is 2. The summed E-state index contributed by atoms with van der Waals surface area (Å²) in [6.07, 6.45) is 5.99. The summed E-state index contributed by atoms with van der Waals surface area (Å²) in [7, 11) is 0. The molecule has 0 unspecified atom stereocenters. The molecule has 14 heavy (non-hydrogen) atoms. The Balaban J connectivity index is 1.80. The highest BCUT2D eigenvalue weighted by Crippen LogP contribution is 2.25. The molecule has 0 atom stereocenters. The van der Waals surface area contributed by atoms with Crippen LogP contribution in [-0.2, 0) is 6.54 Å². The molecule has 0 aliphatic heterocycles. The number of nitrogens with one attached hydrogen (secondary N) is 1. The largest absolute Gasteiger partial charge is 0.310 e. The van der Waals surface area contributed by atoms with Crippen LogP contribution in [0.15, 0.2) is 18.5 Å². The molecule has 0 saturated heterocycles. The maximum Gasteiger partial charge on any atom is 0.0365 e. The van der Waals surface area contributed by atoms with Crippen molar-refractivity contribution >= 4 is 11.6 Å². The highest BCUT2D eigenvalue weighted by Gasteiger charge is 2.26. The van der Waals surface area contributed by atoms with Crippen LogP contribution in [0.1, 0.15) is 24.0 Å². The van der Waals surface area contributed by atoms with E-state index < -0.39 is 0 Å². The summed E-state index contributed by atoms with van der Waals surface area (Å²) in [5, 5.41) is 3.86. The average molecular weight is 211 g/mol. The Morgan fingerprint density at radius 1 is 1.50 bits per heavy atom. The van der Waals surface area contributed by atoms with Gasteiger partial charge in [0.2, 0.25) is 0 Å². The fourth-order valence-corrected chi connectivity index (χ4v) is 2.12. The number of rotatable bonds is 3. The average Bonchev–Trinajstić information content (AvgIpc) is 2.11. The number of nitrogens with zero attached hydrogens (tertiary/aromatic N) is 1. The van der Waals surface area contributed by atoms with Gasteiger partial charge in [-0.15, -0.1) is 11.6 Å². The molecule has 0 amide bonds. The molecule has 1 aromatic rings. The zero-order chi connectivity index (χ0) is 9.97. The van der Waals surface area contributed by atoms with Gasteiger partial charge in [0.05, 0.1) is 0 Å². The summed E-state index contributed by atoms with van der Waals surface area (Å²) in [4.78, 5) is 4.15. The van der Waals surface area contributed by atoms with E-state index in [0.717, 1.165) is 19.4 Å². The number of pyridine rings is 1. The van der Waals surface area contributed by atoms with E-state index in [1.807, 2.05) is 12.4 Å². The van der Waals surface area contributed by atoms with Crippen molar-refractivity contribution in [2.24, 2.45) is 0 Å². The number of aryl methyl sites for hydroxylation is 1. The van der Waals surface area contributed by atoms with E-state index in [0.29, 0.717) is 11.4 Å². The van der Waals surface area contributed by atoms with Gasteiger partial charge in [0, 0.05) is 30.4 Å². The van der Waals surface area contributed by atoms with E-state index in [4.69, 9.17) is 11.6 Å². The molecule has 0 spiro atoms. The molecular formula is C11H15ClN2. The fraction of sp³-hybridized carbons (Fsp3) is 0.545. The lowest BCUT2D eigenvalue weighted by atomic mass is 9.92. The van der Waals surface area contributed by atoms with Gasteiger partial charge >= 0.3 is 0 Å². The van der Waals surface area contributed by atoms with Crippen molar-refractivity contribution in [1.29, 1.82) is 0 Å². The summed E-state index contributed by atoms with van der Waals surface area (Å²) in [6.45, 7) is 2.97. The first-order chi connectivity index (χ1) is 6.74. The van der Waals surface area contributed by atoms with Crippen LogP contribution >= 0.6 is 11.6 Å². The Labute approximate surface area is 89.7 Å². The minimum atomic E-state index is 0.392. The van der Waals surface area contributed by atoms with Crippen LogP contribution < -0.4 is 5.32 Å². The molecule has 1 fully saturated rings. The zero-order valence-corrected chi connectivity index (χ0v) is 9.09. The molecule has 1 aromatic heterocycles. The van der Waals surface area contributed by atoms with Crippen molar-refractivity contribution in [1.82, 2.24) is 10.3 Å². The molecule has 1 aliphatic rings. The predicted molar refractivity (Wildman–Crippen MR) is 58.5 cm³/mol. The topological polar surface area (TPSA) is 24.9 Å². The number of halogens is 1. The predicted octanol–water partition coefficient (Wildman–Crippen LogP) is 2.25. The van der Waals surface area contributed by atoms with E-state index in [9.17, 15) is 0 Å². The normalized spacial score (nSPS) is 25.9. The Morgan fingerprint density at radius 2 is 2.29 bits per heavy atom. The lowest BCUT2D eigenvalue weighted by molar-refractivity contribution is 0.345. The minimum absolute atomic E-state index is 0.392. The van der Waals surface area contributed by atoms with Crippen molar-refractivity contribution in [3.63, 3.8) is 0 Å². The van der Waals surface area contributed by atoms with E-state index in [1.165, 1.54) is 11.1 Å². The molecule has 1 heterocycles. The van der Waals surface area contributed by atoms with Crippen molar-refractivity contribution in [3.05, 3.63) is 29.6 Å². The second kappa shape index (κ2) is 4.28. The van der Waals surface area contributed by atoms with Gasteiger partial charge in [-0.25, -0.2) is 0 Å². The van der Waals surface area contributed by atoms with Crippen molar-refractivity contribution < 1.29 is 0 Å². The van der Waals surface area contributed by atoms with Crippen molar-refractivity contribution in [2.75, 3.05) is 0 Å². The molecule has 1 saturated carbocycles. The van der Waals surface area contributed by atoms with Gasteiger partial charge in [-0.05, 0) is 30.9 Å². The van der Waals surface area contributed by atoms with E-state index in [1.54, 1.807) is 0 Å². The smallest absolute Gasteiger partial charge is 0.0365 e. The second-order valence-electron chi connectivity index (χ2n) is 4.02. The molecular weight excluding hydrogens is 196 g/mol. The quantitative estimate of drug-likeness (QED) is 0.775. The van der Waals surface area contributed by atoms with Gasteiger partial charge in [0.25, 0.3) is 0 Å². The Morgan fingerprint density at radius 3 is 2.93 bits per heavy atom. The number of hydrogen-bond donors (Lipinski definition) is 1. The van der Waals surface area contributed by atoms with Crippen molar-refractivity contribution in [2.45, 2.75) is 37.7 Å². The Hall–Kier alpha value is -0.600. The third kappa shape index (κ3) is 2.46. The third-order valence-electron chi connectivity index (χ3n) is 2.61. The molecule has 1 N–H and O–H groups in total. The summed E-state index contributed by atoms with van der Waals surface area (Å²) in [5.41, 5.74) is 2.47. The van der Waals surface area contributed by atoms with Gasteiger partial charge in [0.1, 0.15) is 0 Å². The molecule has 2 nitrogen and oxygen atoms in total. The maximum absolute atomic E-state index is 5.90. The summed E-state index contributed by atoms with van der Waals surface area (Å²) < 4.78 is 0. The molecule has 0 bridgehead atoms. The standard InChI is InChI=1S/C11H15ClN2/c1-8-2-9(6-13-5-8)7-14-11-3-10(12)4-11/h2,5-6,10-11,14H,3-4,7H2,1H3. The van der Waals surface area contributed by atoms with Gasteiger partial charge in [-0.2, -0.15) is 0 Å². The van der Waals surface area contributed by atoms with Crippen LogP contribution in [0.3, 0.4) is 0 Å². The Bertz CT molecular complexity index is 308. The number of alkyl halides is 1. The summed E-state index contributed by atoms with van der Waals surface area (Å²) in [6, 6.07) is 2.77. The summed E-state index contributed by atoms with van der Waals surface area (Å²) >= 11 is 5.90. The first kappa shape index (κ1) is 9.94. The van der Waals surface area contributed by atoms with E-state index in [2.05, 4.69) is 23.3 Å². The van der Waals surface area contributed by atoms with Gasteiger partial charge in [-0.1, -0.05) is 6.07 Å². The van der Waals surface area contributed by atoms with Crippen molar-refractivity contribution in [3.8, 4) is 0 Å². The first-order valence-electron chi connectivity index (χ1n) is 5.02. The molecule has 0 radical (unpaired) electrons. The molecule has 0 aromatic carbocycles. The highest BCUT2D eigenvalue weighted by molar-refractivity contribution is 6.21. The van der Waals surface area contributed by atoms with E-state index in [-0.39, 0.29) is 0 Å². The van der Waals surface area contributed by atoms with Crippen LogP contribution in [0, 0.1) is 6.92 Å². The number of aromatic nitrogens is 1. The molecule has 1 aliphatic carbocycles. The Kier molecular flexibility index (Phi) is 3.04. The van der Waals surface area contributed by atoms with Crippen LogP contribution in [0.5, 0.6) is 0 Å². The zero-order valence-electron chi connectivity index (χ0n) is 8.33. The van der Waals surface area contributed by atoms with Crippen LogP contribution in [-0.4, -0.2) is 16.4 Å². The minimum Gasteiger partial charge on any atom is -0.310 e. The fourth-order valence-electron chi connectivity index (χ4n) is 1.69. The van der Waals surface area contributed by atoms with E-state index >= 15 is 0 Å². The highest BCUT2D eigenvalue weighted by atomic mass is 35.5. The molecule has 76 valence electrons. The van der Waals surface area contributed by atoms with Crippen LogP contribution in [0.2, 0.25) is 0 Å². The maximum atomic E-state index is 5.90. The third-order valence-corrected chi connectivity index (χ3v) is 2.96.